The smallest absolute Gasteiger partial charge is 0.303 e. The SMILES string of the molecule is CC1(CCCC(=O)O)CCC(O)(c2cccc(Oc3ccccc3)c2)CC1. The lowest BCUT2D eigenvalue weighted by Crippen LogP contribution is -2.35. The predicted octanol–water partition coefficient (Wildman–Crippen LogP) is 5.50. The Morgan fingerprint density at radius 2 is 1.67 bits per heavy atom. The van der Waals surface area contributed by atoms with Crippen LogP contribution >= 0.6 is 0 Å². The maximum atomic E-state index is 11.2. The molecule has 0 saturated heterocycles. The van der Waals surface area contributed by atoms with Crippen LogP contribution in [-0.4, -0.2) is 16.2 Å². The average molecular weight is 368 g/mol. The highest BCUT2D eigenvalue weighted by molar-refractivity contribution is 5.66. The van der Waals surface area contributed by atoms with Gasteiger partial charge in [-0.05, 0) is 73.8 Å². The molecule has 0 aliphatic heterocycles. The van der Waals surface area contributed by atoms with Crippen molar-refractivity contribution in [3.05, 3.63) is 60.2 Å². The van der Waals surface area contributed by atoms with Gasteiger partial charge >= 0.3 is 5.97 Å². The summed E-state index contributed by atoms with van der Waals surface area (Å²) in [4.78, 5) is 10.7. The highest BCUT2D eigenvalue weighted by Crippen LogP contribution is 2.48. The van der Waals surface area contributed by atoms with Crippen molar-refractivity contribution in [3.8, 4) is 11.5 Å². The van der Waals surface area contributed by atoms with E-state index < -0.39 is 11.6 Å². The maximum absolute atomic E-state index is 11.2. The summed E-state index contributed by atoms with van der Waals surface area (Å²) in [5, 5.41) is 20.1. The standard InChI is InChI=1S/C23H28O4/c1-22(12-6-11-21(24)25)13-15-23(26,16-14-22)18-7-5-10-20(17-18)27-19-8-3-2-4-9-19/h2-5,7-10,17,26H,6,11-16H2,1H3,(H,24,25). The second-order valence-corrected chi connectivity index (χ2v) is 8.03. The van der Waals surface area contributed by atoms with E-state index in [2.05, 4.69) is 6.92 Å². The topological polar surface area (TPSA) is 66.8 Å². The van der Waals surface area contributed by atoms with Crippen LogP contribution in [0.25, 0.3) is 0 Å². The summed E-state index contributed by atoms with van der Waals surface area (Å²) < 4.78 is 5.90. The molecule has 0 amide bonds. The second-order valence-electron chi connectivity index (χ2n) is 8.03. The molecular weight excluding hydrogens is 340 g/mol. The zero-order valence-corrected chi connectivity index (χ0v) is 15.9. The van der Waals surface area contributed by atoms with E-state index >= 15 is 0 Å². The largest absolute Gasteiger partial charge is 0.481 e. The van der Waals surface area contributed by atoms with Crippen LogP contribution in [0.3, 0.4) is 0 Å². The molecule has 2 N–H and O–H groups in total. The lowest BCUT2D eigenvalue weighted by atomic mass is 9.66. The second kappa shape index (κ2) is 8.13. The molecule has 1 aliphatic carbocycles. The minimum atomic E-state index is -0.845. The van der Waals surface area contributed by atoms with Crippen LogP contribution in [0.5, 0.6) is 11.5 Å². The average Bonchev–Trinajstić information content (AvgIpc) is 2.65. The van der Waals surface area contributed by atoms with E-state index in [1.165, 1.54) is 0 Å². The molecule has 3 rings (SSSR count). The summed E-state index contributed by atoms with van der Waals surface area (Å²) >= 11 is 0. The first-order chi connectivity index (χ1) is 12.9. The number of carbonyl (C=O) groups is 1. The Kier molecular flexibility index (Phi) is 5.85. The van der Waals surface area contributed by atoms with Gasteiger partial charge in [-0.25, -0.2) is 0 Å². The molecule has 0 aromatic heterocycles. The first kappa shape index (κ1) is 19.4. The van der Waals surface area contributed by atoms with E-state index in [0.717, 1.165) is 36.3 Å². The first-order valence-electron chi connectivity index (χ1n) is 9.66. The summed E-state index contributed by atoms with van der Waals surface area (Å²) in [7, 11) is 0. The van der Waals surface area contributed by atoms with E-state index in [-0.39, 0.29) is 11.8 Å². The highest BCUT2D eigenvalue weighted by atomic mass is 16.5. The first-order valence-corrected chi connectivity index (χ1v) is 9.66. The Morgan fingerprint density at radius 3 is 2.33 bits per heavy atom. The lowest BCUT2D eigenvalue weighted by Gasteiger charge is -2.42. The highest BCUT2D eigenvalue weighted by Gasteiger charge is 2.40. The van der Waals surface area contributed by atoms with Crippen LogP contribution in [0.4, 0.5) is 0 Å². The third-order valence-electron chi connectivity index (χ3n) is 5.81. The van der Waals surface area contributed by atoms with Gasteiger partial charge in [0.05, 0.1) is 5.60 Å². The number of aliphatic carboxylic acids is 1. The van der Waals surface area contributed by atoms with Gasteiger partial charge < -0.3 is 14.9 Å². The van der Waals surface area contributed by atoms with Gasteiger partial charge in [0.1, 0.15) is 11.5 Å². The molecule has 144 valence electrons. The number of hydrogen-bond donors (Lipinski definition) is 2. The predicted molar refractivity (Wildman–Crippen MR) is 105 cm³/mol. The van der Waals surface area contributed by atoms with Crippen molar-refractivity contribution >= 4 is 5.97 Å². The van der Waals surface area contributed by atoms with Crippen molar-refractivity contribution in [2.75, 3.05) is 0 Å². The van der Waals surface area contributed by atoms with Crippen LogP contribution in [0.1, 0.15) is 57.4 Å². The van der Waals surface area contributed by atoms with Crippen molar-refractivity contribution in [1.82, 2.24) is 0 Å². The van der Waals surface area contributed by atoms with Crippen molar-refractivity contribution in [3.63, 3.8) is 0 Å². The van der Waals surface area contributed by atoms with E-state index in [1.807, 2.05) is 54.6 Å². The fourth-order valence-corrected chi connectivity index (χ4v) is 3.95. The van der Waals surface area contributed by atoms with E-state index in [0.29, 0.717) is 19.3 Å². The zero-order valence-electron chi connectivity index (χ0n) is 15.9. The molecule has 1 aliphatic rings. The molecular formula is C23H28O4. The monoisotopic (exact) mass is 368 g/mol. The van der Waals surface area contributed by atoms with E-state index in [9.17, 15) is 9.90 Å². The molecule has 4 heteroatoms. The van der Waals surface area contributed by atoms with Crippen LogP contribution in [0.15, 0.2) is 54.6 Å². The van der Waals surface area contributed by atoms with Crippen molar-refractivity contribution < 1.29 is 19.7 Å². The molecule has 27 heavy (non-hydrogen) atoms. The minimum absolute atomic E-state index is 0.111. The Bertz CT molecular complexity index is 761. The Balaban J connectivity index is 1.65. The zero-order chi connectivity index (χ0) is 19.3. The summed E-state index contributed by atoms with van der Waals surface area (Å²) in [6.45, 7) is 2.21. The van der Waals surface area contributed by atoms with Crippen molar-refractivity contribution in [2.24, 2.45) is 5.41 Å². The van der Waals surface area contributed by atoms with E-state index in [4.69, 9.17) is 9.84 Å². The number of rotatable bonds is 7. The van der Waals surface area contributed by atoms with Gasteiger partial charge in [-0.3, -0.25) is 4.79 Å². The molecule has 4 nitrogen and oxygen atoms in total. The molecule has 0 heterocycles. The van der Waals surface area contributed by atoms with Gasteiger partial charge in [0.15, 0.2) is 0 Å². The van der Waals surface area contributed by atoms with Crippen LogP contribution < -0.4 is 4.74 Å². The molecule has 2 aromatic rings. The van der Waals surface area contributed by atoms with Crippen molar-refractivity contribution in [1.29, 1.82) is 0 Å². The number of aliphatic hydroxyl groups is 1. The number of benzene rings is 2. The molecule has 0 radical (unpaired) electrons. The van der Waals surface area contributed by atoms with E-state index in [1.54, 1.807) is 0 Å². The fraction of sp³-hybridized carbons (Fsp3) is 0.435. The number of ether oxygens (including phenoxy) is 1. The molecule has 0 unspecified atom stereocenters. The van der Waals surface area contributed by atoms with Crippen LogP contribution in [-0.2, 0) is 10.4 Å². The quantitative estimate of drug-likeness (QED) is 0.677. The molecule has 0 bridgehead atoms. The number of hydrogen-bond acceptors (Lipinski definition) is 3. The minimum Gasteiger partial charge on any atom is -0.481 e. The molecule has 0 atom stereocenters. The molecule has 1 saturated carbocycles. The van der Waals surface area contributed by atoms with Gasteiger partial charge in [0.2, 0.25) is 0 Å². The summed E-state index contributed by atoms with van der Waals surface area (Å²) in [5.74, 6) is 0.763. The Hall–Kier alpha value is -2.33. The molecule has 0 spiro atoms. The Labute approximate surface area is 160 Å². The maximum Gasteiger partial charge on any atom is 0.303 e. The fourth-order valence-electron chi connectivity index (χ4n) is 3.95. The van der Waals surface area contributed by atoms with Gasteiger partial charge in [-0.2, -0.15) is 0 Å². The third kappa shape index (κ3) is 5.10. The lowest BCUT2D eigenvalue weighted by molar-refractivity contribution is -0.137. The summed E-state index contributed by atoms with van der Waals surface area (Å²) in [5.41, 5.74) is 0.158. The third-order valence-corrected chi connectivity index (χ3v) is 5.81. The van der Waals surface area contributed by atoms with Crippen LogP contribution in [0.2, 0.25) is 0 Å². The summed E-state index contributed by atoms with van der Waals surface area (Å²) in [6.07, 6.45) is 4.98. The number of carboxylic acid groups (broad SMARTS) is 1. The van der Waals surface area contributed by atoms with Gasteiger partial charge in [-0.1, -0.05) is 37.3 Å². The summed E-state index contributed by atoms with van der Waals surface area (Å²) in [6, 6.07) is 17.3. The normalized spacial score (nSPS) is 25.1. The van der Waals surface area contributed by atoms with Gasteiger partial charge in [0, 0.05) is 6.42 Å². The van der Waals surface area contributed by atoms with Gasteiger partial charge in [-0.15, -0.1) is 0 Å². The molecule has 2 aromatic carbocycles. The van der Waals surface area contributed by atoms with Crippen LogP contribution in [0, 0.1) is 5.41 Å². The number of para-hydroxylation sites is 1. The van der Waals surface area contributed by atoms with Gasteiger partial charge in [0.25, 0.3) is 0 Å². The Morgan fingerprint density at radius 1 is 1.00 bits per heavy atom. The molecule has 1 fully saturated rings. The number of carboxylic acids is 1. The van der Waals surface area contributed by atoms with Crippen molar-refractivity contribution in [2.45, 2.75) is 57.5 Å².